The lowest BCUT2D eigenvalue weighted by atomic mass is 10.2. The molecule has 0 unspecified atom stereocenters. The Balaban J connectivity index is 3.43. The number of carbonyl (C=O) groups excluding carboxylic acids is 3. The third-order valence-electron chi connectivity index (χ3n) is 2.56. The molecule has 130 valence electrons. The summed E-state index contributed by atoms with van der Waals surface area (Å²) in [5.41, 5.74) is 0.681. The van der Waals surface area contributed by atoms with Gasteiger partial charge in [0.1, 0.15) is 6.61 Å². The highest BCUT2D eigenvalue weighted by molar-refractivity contribution is 5.87. The van der Waals surface area contributed by atoms with Crippen LogP contribution < -0.4 is 5.32 Å². The topological polar surface area (TPSA) is 90.9 Å². The van der Waals surface area contributed by atoms with E-state index in [0.29, 0.717) is 30.6 Å². The van der Waals surface area contributed by atoms with Gasteiger partial charge in [-0.2, -0.15) is 0 Å². The monoisotopic (exact) mass is 327 g/mol. The molecule has 0 aromatic carbocycles. The predicted molar refractivity (Wildman–Crippen MR) is 84.7 cm³/mol. The van der Waals surface area contributed by atoms with Gasteiger partial charge in [0.05, 0.1) is 19.8 Å². The van der Waals surface area contributed by atoms with Crippen LogP contribution >= 0.6 is 0 Å². The third kappa shape index (κ3) is 12.0. The highest BCUT2D eigenvalue weighted by Crippen LogP contribution is 1.99. The van der Waals surface area contributed by atoms with Crippen molar-refractivity contribution in [2.45, 2.75) is 33.1 Å². The maximum Gasteiger partial charge on any atom is 0.407 e. The molecule has 1 N–H and O–H groups in total. The van der Waals surface area contributed by atoms with Gasteiger partial charge in [-0.05, 0) is 33.1 Å². The van der Waals surface area contributed by atoms with Crippen molar-refractivity contribution in [2.24, 2.45) is 0 Å². The lowest BCUT2D eigenvalue weighted by Crippen LogP contribution is -2.29. The van der Waals surface area contributed by atoms with Crippen molar-refractivity contribution in [1.29, 1.82) is 0 Å². The van der Waals surface area contributed by atoms with Gasteiger partial charge in [0, 0.05) is 11.1 Å². The van der Waals surface area contributed by atoms with E-state index in [9.17, 15) is 14.4 Å². The molecule has 0 aromatic rings. The van der Waals surface area contributed by atoms with Gasteiger partial charge in [0.15, 0.2) is 0 Å². The van der Waals surface area contributed by atoms with Crippen LogP contribution in [0.15, 0.2) is 24.3 Å². The molecular formula is C16H25NO6. The number of nitrogens with one attached hydrogen (secondary N) is 1. The van der Waals surface area contributed by atoms with Crippen molar-refractivity contribution in [3.63, 3.8) is 0 Å². The van der Waals surface area contributed by atoms with Gasteiger partial charge in [-0.3, -0.25) is 0 Å². The van der Waals surface area contributed by atoms with Gasteiger partial charge < -0.3 is 19.5 Å². The van der Waals surface area contributed by atoms with E-state index in [1.165, 1.54) is 0 Å². The molecule has 0 aliphatic rings. The molecule has 0 rings (SSSR count). The van der Waals surface area contributed by atoms with Crippen LogP contribution in [0.2, 0.25) is 0 Å². The van der Waals surface area contributed by atoms with E-state index in [1.54, 1.807) is 13.8 Å². The molecular weight excluding hydrogens is 302 g/mol. The van der Waals surface area contributed by atoms with Crippen LogP contribution in [-0.4, -0.2) is 44.4 Å². The highest BCUT2D eigenvalue weighted by Gasteiger charge is 2.05. The molecule has 0 radical (unpaired) electrons. The summed E-state index contributed by atoms with van der Waals surface area (Å²) < 4.78 is 14.7. The van der Waals surface area contributed by atoms with Gasteiger partial charge in [-0.25, -0.2) is 14.4 Å². The van der Waals surface area contributed by atoms with Crippen molar-refractivity contribution in [3.05, 3.63) is 24.3 Å². The summed E-state index contributed by atoms with van der Waals surface area (Å²) in [7, 11) is 0. The summed E-state index contributed by atoms with van der Waals surface area (Å²) in [5.74, 6) is -0.888. The van der Waals surface area contributed by atoms with E-state index in [4.69, 9.17) is 14.2 Å². The molecule has 0 aliphatic heterocycles. The second-order valence-electron chi connectivity index (χ2n) is 4.96. The highest BCUT2D eigenvalue weighted by atomic mass is 16.6. The lowest BCUT2D eigenvalue weighted by molar-refractivity contribution is -0.139. The molecule has 0 fully saturated rings. The van der Waals surface area contributed by atoms with E-state index in [0.717, 1.165) is 6.42 Å². The lowest BCUT2D eigenvalue weighted by Gasteiger charge is -2.08. The van der Waals surface area contributed by atoms with Crippen molar-refractivity contribution in [2.75, 3.05) is 26.4 Å². The van der Waals surface area contributed by atoms with Gasteiger partial charge >= 0.3 is 18.0 Å². The standard InChI is InChI=1S/C16H25NO6/c1-12(2)14(18)21-9-6-5-7-10-23-16(20)17-8-11-22-15(19)13(3)4/h1,3,5-11H2,2,4H3,(H,17,20). The molecule has 0 heterocycles. The molecule has 0 spiro atoms. The molecule has 7 heteroatoms. The Kier molecular flexibility index (Phi) is 11.0. The number of amides is 1. The third-order valence-corrected chi connectivity index (χ3v) is 2.56. The van der Waals surface area contributed by atoms with Gasteiger partial charge in [-0.15, -0.1) is 0 Å². The van der Waals surface area contributed by atoms with Crippen molar-refractivity contribution < 1.29 is 28.6 Å². The van der Waals surface area contributed by atoms with E-state index >= 15 is 0 Å². The van der Waals surface area contributed by atoms with E-state index < -0.39 is 18.0 Å². The summed E-state index contributed by atoms with van der Waals surface area (Å²) in [5, 5.41) is 2.46. The normalized spacial score (nSPS) is 9.65. The van der Waals surface area contributed by atoms with Crippen molar-refractivity contribution >= 4 is 18.0 Å². The van der Waals surface area contributed by atoms with Gasteiger partial charge in [0.25, 0.3) is 0 Å². The predicted octanol–water partition coefficient (Wildman–Crippen LogP) is 2.12. The van der Waals surface area contributed by atoms with E-state index in [2.05, 4.69) is 18.5 Å². The van der Waals surface area contributed by atoms with Crippen molar-refractivity contribution in [3.8, 4) is 0 Å². The van der Waals surface area contributed by atoms with Crippen LogP contribution in [0.25, 0.3) is 0 Å². The summed E-state index contributed by atoms with van der Waals surface area (Å²) in [4.78, 5) is 33.5. The molecule has 7 nitrogen and oxygen atoms in total. The number of hydrogen-bond donors (Lipinski definition) is 1. The fourth-order valence-corrected chi connectivity index (χ4v) is 1.30. The Labute approximate surface area is 136 Å². The molecule has 0 saturated carbocycles. The molecule has 1 amide bonds. The van der Waals surface area contributed by atoms with Crippen LogP contribution in [0.1, 0.15) is 33.1 Å². The number of ether oxygens (including phenoxy) is 3. The minimum Gasteiger partial charge on any atom is -0.462 e. The fraction of sp³-hybridized carbons (Fsp3) is 0.562. The van der Waals surface area contributed by atoms with Crippen LogP contribution in [-0.2, 0) is 23.8 Å². The number of unbranched alkanes of at least 4 members (excludes halogenated alkanes) is 2. The first-order valence-corrected chi connectivity index (χ1v) is 7.40. The molecule has 0 atom stereocenters. The SMILES string of the molecule is C=C(C)C(=O)OCCCCCOC(=O)NCCOC(=O)C(=C)C. The molecule has 0 aliphatic carbocycles. The second-order valence-corrected chi connectivity index (χ2v) is 4.96. The quantitative estimate of drug-likeness (QED) is 0.270. The Morgan fingerprint density at radius 1 is 0.783 bits per heavy atom. The summed E-state index contributed by atoms with van der Waals surface area (Å²) in [6, 6.07) is 0. The largest absolute Gasteiger partial charge is 0.462 e. The van der Waals surface area contributed by atoms with E-state index in [-0.39, 0.29) is 19.8 Å². The summed E-state index contributed by atoms with van der Waals surface area (Å²) in [6.07, 6.45) is 1.57. The second kappa shape index (κ2) is 12.3. The van der Waals surface area contributed by atoms with Gasteiger partial charge in [0.2, 0.25) is 0 Å². The van der Waals surface area contributed by atoms with Crippen LogP contribution in [0.5, 0.6) is 0 Å². The summed E-state index contributed by atoms with van der Waals surface area (Å²) in [6.45, 7) is 10.9. The minimum atomic E-state index is -0.565. The van der Waals surface area contributed by atoms with Crippen molar-refractivity contribution in [1.82, 2.24) is 5.32 Å². The number of esters is 2. The molecule has 0 saturated heterocycles. The summed E-state index contributed by atoms with van der Waals surface area (Å²) >= 11 is 0. The average molecular weight is 327 g/mol. The molecule has 23 heavy (non-hydrogen) atoms. The first kappa shape index (κ1) is 20.7. The first-order chi connectivity index (χ1) is 10.8. The Morgan fingerprint density at radius 2 is 1.26 bits per heavy atom. The first-order valence-electron chi connectivity index (χ1n) is 7.40. The molecule has 0 bridgehead atoms. The molecule has 0 aromatic heterocycles. The minimum absolute atomic E-state index is 0.0644. The fourth-order valence-electron chi connectivity index (χ4n) is 1.30. The maximum atomic E-state index is 11.3. The average Bonchev–Trinajstić information content (AvgIpc) is 2.49. The number of carbonyl (C=O) groups is 3. The number of rotatable bonds is 11. The van der Waals surface area contributed by atoms with E-state index in [1.807, 2.05) is 0 Å². The van der Waals surface area contributed by atoms with Crippen LogP contribution in [0, 0.1) is 0 Å². The Bertz CT molecular complexity index is 444. The zero-order valence-electron chi connectivity index (χ0n) is 13.8. The smallest absolute Gasteiger partial charge is 0.407 e. The maximum absolute atomic E-state index is 11.3. The van der Waals surface area contributed by atoms with Gasteiger partial charge in [-0.1, -0.05) is 13.2 Å². The Morgan fingerprint density at radius 3 is 1.78 bits per heavy atom. The van der Waals surface area contributed by atoms with Crippen LogP contribution in [0.3, 0.4) is 0 Å². The van der Waals surface area contributed by atoms with Crippen LogP contribution in [0.4, 0.5) is 4.79 Å². The zero-order valence-corrected chi connectivity index (χ0v) is 13.8. The Hall–Kier alpha value is -2.31. The number of hydrogen-bond acceptors (Lipinski definition) is 6. The zero-order chi connectivity index (χ0) is 17.7. The number of alkyl carbamates (subject to hydrolysis) is 1.